The number of ether oxygens (including phenoxy) is 1. The third kappa shape index (κ3) is 4.89. The fourth-order valence-electron chi connectivity index (χ4n) is 2.36. The molecule has 28 heavy (non-hydrogen) atoms. The first-order valence-electron chi connectivity index (χ1n) is 8.17. The molecule has 0 amide bonds. The molecule has 0 saturated carbocycles. The Hall–Kier alpha value is -2.87. The van der Waals surface area contributed by atoms with Crippen molar-refractivity contribution in [2.75, 3.05) is 0 Å². The van der Waals surface area contributed by atoms with E-state index >= 15 is 0 Å². The van der Waals surface area contributed by atoms with E-state index in [1.54, 1.807) is 24.3 Å². The molecule has 0 fully saturated rings. The summed E-state index contributed by atoms with van der Waals surface area (Å²) in [5, 5.41) is 11.2. The first-order valence-corrected chi connectivity index (χ1v) is 10.0. The molecule has 0 aliphatic rings. The summed E-state index contributed by atoms with van der Waals surface area (Å²) in [6.07, 6.45) is 0. The second-order valence-corrected chi connectivity index (χ2v) is 7.99. The van der Waals surface area contributed by atoms with Gasteiger partial charge in [-0.25, -0.2) is 13.1 Å². The Morgan fingerprint density at radius 3 is 2.21 bits per heavy atom. The number of aromatic carboxylic acids is 1. The largest absolute Gasteiger partial charge is 0.545 e. The first kappa shape index (κ1) is 19.9. The molecule has 0 aliphatic carbocycles. The maximum absolute atomic E-state index is 12.4. The van der Waals surface area contributed by atoms with E-state index < -0.39 is 16.0 Å². The minimum atomic E-state index is -3.74. The second-order valence-electron chi connectivity index (χ2n) is 5.81. The first-order chi connectivity index (χ1) is 13.3. The van der Waals surface area contributed by atoms with Gasteiger partial charge in [0.2, 0.25) is 10.0 Å². The molecule has 6 nitrogen and oxygen atoms in total. The van der Waals surface area contributed by atoms with Gasteiger partial charge in [0.05, 0.1) is 15.9 Å². The molecule has 0 atom stereocenters. The third-order valence-corrected chi connectivity index (χ3v) is 5.58. The Kier molecular flexibility index (Phi) is 5.99. The normalized spacial score (nSPS) is 11.2. The summed E-state index contributed by atoms with van der Waals surface area (Å²) in [6, 6.07) is 18.6. The van der Waals surface area contributed by atoms with Crippen LogP contribution in [0.3, 0.4) is 0 Å². The Labute approximate surface area is 167 Å². The van der Waals surface area contributed by atoms with Crippen molar-refractivity contribution in [3.63, 3.8) is 0 Å². The summed E-state index contributed by atoms with van der Waals surface area (Å²) in [5.41, 5.74) is 0.646. The molecular weight excluding hydrogens is 402 g/mol. The van der Waals surface area contributed by atoms with Crippen molar-refractivity contribution in [3.05, 3.63) is 88.9 Å². The van der Waals surface area contributed by atoms with Gasteiger partial charge < -0.3 is 14.6 Å². The summed E-state index contributed by atoms with van der Waals surface area (Å²) in [6.45, 7) is 0.0214. The average Bonchev–Trinajstić information content (AvgIpc) is 2.69. The maximum Gasteiger partial charge on any atom is 0.240 e. The van der Waals surface area contributed by atoms with Gasteiger partial charge >= 0.3 is 0 Å². The lowest BCUT2D eigenvalue weighted by atomic mass is 10.1. The molecule has 3 rings (SSSR count). The van der Waals surface area contributed by atoms with E-state index in [2.05, 4.69) is 4.72 Å². The average molecular weight is 417 g/mol. The number of carboxylic acid groups (broad SMARTS) is 1. The molecule has 1 N–H and O–H groups in total. The molecular formula is C20H15ClNO5S-. The molecule has 0 radical (unpaired) electrons. The number of carbonyl (C=O) groups excluding carboxylic acids is 1. The van der Waals surface area contributed by atoms with E-state index in [4.69, 9.17) is 16.3 Å². The van der Waals surface area contributed by atoms with E-state index in [1.807, 2.05) is 0 Å². The molecule has 0 saturated heterocycles. The molecule has 8 heteroatoms. The van der Waals surface area contributed by atoms with Crippen LogP contribution in [0.1, 0.15) is 15.9 Å². The standard InChI is InChI=1S/C20H16ClNO5S/c21-18-3-1-2-4-19(18)27-16-9-11-17(12-10-16)28(25,26)22-13-14-5-7-15(8-6-14)20(23)24/h1-12,22H,13H2,(H,23,24)/p-1. The van der Waals surface area contributed by atoms with Gasteiger partial charge in [-0.15, -0.1) is 0 Å². The van der Waals surface area contributed by atoms with Gasteiger partial charge in [0.1, 0.15) is 11.5 Å². The number of hydrogen-bond donors (Lipinski definition) is 1. The van der Waals surface area contributed by atoms with Gasteiger partial charge in [-0.2, -0.15) is 0 Å². The molecule has 3 aromatic rings. The fraction of sp³-hybridized carbons (Fsp3) is 0.0500. The van der Waals surface area contributed by atoms with Crippen molar-refractivity contribution < 1.29 is 23.1 Å². The number of para-hydroxylation sites is 1. The summed E-state index contributed by atoms with van der Waals surface area (Å²) in [7, 11) is -3.74. The minimum absolute atomic E-state index is 0.0214. The van der Waals surface area contributed by atoms with Gasteiger partial charge in [0.25, 0.3) is 0 Å². The Morgan fingerprint density at radius 1 is 0.964 bits per heavy atom. The Bertz CT molecular complexity index is 1080. The van der Waals surface area contributed by atoms with Crippen LogP contribution in [-0.4, -0.2) is 14.4 Å². The van der Waals surface area contributed by atoms with E-state index in [0.717, 1.165) is 0 Å². The summed E-state index contributed by atoms with van der Waals surface area (Å²) in [4.78, 5) is 10.8. The molecule has 0 spiro atoms. The zero-order chi connectivity index (χ0) is 20.1. The van der Waals surface area contributed by atoms with Crippen LogP contribution < -0.4 is 14.6 Å². The third-order valence-electron chi connectivity index (χ3n) is 3.85. The van der Waals surface area contributed by atoms with Crippen molar-refractivity contribution >= 4 is 27.6 Å². The zero-order valence-corrected chi connectivity index (χ0v) is 16.0. The Morgan fingerprint density at radius 2 is 1.61 bits per heavy atom. The summed E-state index contributed by atoms with van der Waals surface area (Å²) >= 11 is 6.04. The van der Waals surface area contributed by atoms with Crippen LogP contribution in [0.15, 0.2) is 77.7 Å². The predicted molar refractivity (Wildman–Crippen MR) is 103 cm³/mol. The molecule has 0 bridgehead atoms. The molecule has 3 aromatic carbocycles. The lowest BCUT2D eigenvalue weighted by Crippen LogP contribution is -2.24. The lowest BCUT2D eigenvalue weighted by molar-refractivity contribution is -0.255. The number of carbonyl (C=O) groups is 1. The number of hydrogen-bond acceptors (Lipinski definition) is 5. The topological polar surface area (TPSA) is 95.5 Å². The van der Waals surface area contributed by atoms with Crippen LogP contribution in [0.5, 0.6) is 11.5 Å². The van der Waals surface area contributed by atoms with Crippen molar-refractivity contribution in [1.29, 1.82) is 0 Å². The van der Waals surface area contributed by atoms with Crippen LogP contribution >= 0.6 is 11.6 Å². The number of rotatable bonds is 7. The van der Waals surface area contributed by atoms with Crippen LogP contribution in [0, 0.1) is 0 Å². The predicted octanol–water partition coefficient (Wildman–Crippen LogP) is 2.97. The van der Waals surface area contributed by atoms with Crippen LogP contribution in [-0.2, 0) is 16.6 Å². The van der Waals surface area contributed by atoms with Gasteiger partial charge in [0, 0.05) is 6.54 Å². The van der Waals surface area contributed by atoms with E-state index in [-0.39, 0.29) is 17.0 Å². The fourth-order valence-corrected chi connectivity index (χ4v) is 3.55. The van der Waals surface area contributed by atoms with Gasteiger partial charge in [-0.1, -0.05) is 48.0 Å². The quantitative estimate of drug-likeness (QED) is 0.638. The molecule has 144 valence electrons. The minimum Gasteiger partial charge on any atom is -0.545 e. The highest BCUT2D eigenvalue weighted by Gasteiger charge is 2.14. The molecule has 0 aromatic heterocycles. The van der Waals surface area contributed by atoms with Crippen molar-refractivity contribution in [1.82, 2.24) is 4.72 Å². The number of nitrogens with one attached hydrogen (secondary N) is 1. The highest BCUT2D eigenvalue weighted by atomic mass is 35.5. The number of halogens is 1. The van der Waals surface area contributed by atoms with Gasteiger partial charge in [-0.05, 0) is 47.5 Å². The number of sulfonamides is 1. The molecule has 0 unspecified atom stereocenters. The summed E-state index contributed by atoms with van der Waals surface area (Å²) < 4.78 is 33.0. The van der Waals surface area contributed by atoms with Gasteiger partial charge in [-0.3, -0.25) is 0 Å². The monoisotopic (exact) mass is 416 g/mol. The molecule has 0 aliphatic heterocycles. The summed E-state index contributed by atoms with van der Waals surface area (Å²) in [5.74, 6) is -0.367. The SMILES string of the molecule is O=C([O-])c1ccc(CNS(=O)(=O)c2ccc(Oc3ccccc3Cl)cc2)cc1. The molecule has 0 heterocycles. The smallest absolute Gasteiger partial charge is 0.240 e. The van der Waals surface area contributed by atoms with Gasteiger partial charge in [0.15, 0.2) is 0 Å². The highest BCUT2D eigenvalue weighted by molar-refractivity contribution is 7.89. The van der Waals surface area contributed by atoms with Crippen LogP contribution in [0.25, 0.3) is 0 Å². The van der Waals surface area contributed by atoms with Crippen molar-refractivity contribution in [2.24, 2.45) is 0 Å². The van der Waals surface area contributed by atoms with Crippen LogP contribution in [0.4, 0.5) is 0 Å². The van der Waals surface area contributed by atoms with Crippen molar-refractivity contribution in [3.8, 4) is 11.5 Å². The van der Waals surface area contributed by atoms with Crippen molar-refractivity contribution in [2.45, 2.75) is 11.4 Å². The van der Waals surface area contributed by atoms with Crippen LogP contribution in [0.2, 0.25) is 5.02 Å². The number of benzene rings is 3. The second kappa shape index (κ2) is 8.43. The highest BCUT2D eigenvalue weighted by Crippen LogP contribution is 2.29. The number of carboxylic acids is 1. The van der Waals surface area contributed by atoms with E-state index in [1.165, 1.54) is 48.5 Å². The van der Waals surface area contributed by atoms with E-state index in [9.17, 15) is 18.3 Å². The Balaban J connectivity index is 1.66. The maximum atomic E-state index is 12.4. The van der Waals surface area contributed by atoms with E-state index in [0.29, 0.717) is 22.1 Å². The zero-order valence-electron chi connectivity index (χ0n) is 14.5. The lowest BCUT2D eigenvalue weighted by Gasteiger charge is -2.10.